The topological polar surface area (TPSA) is 20.2 Å². The van der Waals surface area contributed by atoms with E-state index < -0.39 is 23.7 Å². The van der Waals surface area contributed by atoms with Gasteiger partial charge in [-0.3, -0.25) is 0 Å². The van der Waals surface area contributed by atoms with Crippen LogP contribution in [0.1, 0.15) is 31.7 Å². The van der Waals surface area contributed by atoms with Crippen molar-refractivity contribution >= 4 is 0 Å². The summed E-state index contributed by atoms with van der Waals surface area (Å²) < 4.78 is 26.5. The smallest absolute Gasteiger partial charge is 0.129 e. The Hall–Kier alpha value is -0.960. The minimum Gasteiger partial charge on any atom is -0.393 e. The lowest BCUT2D eigenvalue weighted by Crippen LogP contribution is -2.17. The van der Waals surface area contributed by atoms with Gasteiger partial charge in [-0.25, -0.2) is 8.78 Å². The van der Waals surface area contributed by atoms with Crippen LogP contribution in [0.25, 0.3) is 0 Å². The van der Waals surface area contributed by atoms with E-state index in [1.807, 2.05) is 0 Å². The first-order valence-electron chi connectivity index (χ1n) is 4.69. The molecule has 0 radical (unpaired) electrons. The van der Waals surface area contributed by atoms with Crippen molar-refractivity contribution in [2.75, 3.05) is 0 Å². The minimum atomic E-state index is -0.707. The fourth-order valence-electron chi connectivity index (χ4n) is 1.49. The Morgan fingerprint density at radius 3 is 2.21 bits per heavy atom. The molecule has 14 heavy (non-hydrogen) atoms. The van der Waals surface area contributed by atoms with Gasteiger partial charge in [-0.2, -0.15) is 0 Å². The van der Waals surface area contributed by atoms with Gasteiger partial charge in [0.25, 0.3) is 0 Å². The summed E-state index contributed by atoms with van der Waals surface area (Å²) >= 11 is 0. The van der Waals surface area contributed by atoms with Crippen molar-refractivity contribution in [3.05, 3.63) is 35.4 Å². The molecule has 0 amide bonds. The van der Waals surface area contributed by atoms with Crippen LogP contribution < -0.4 is 0 Å². The van der Waals surface area contributed by atoms with Gasteiger partial charge in [0.15, 0.2) is 0 Å². The Morgan fingerprint density at radius 1 is 1.29 bits per heavy atom. The Morgan fingerprint density at radius 2 is 1.79 bits per heavy atom. The van der Waals surface area contributed by atoms with Gasteiger partial charge < -0.3 is 5.11 Å². The molecule has 0 aliphatic rings. The van der Waals surface area contributed by atoms with E-state index in [-0.39, 0.29) is 5.56 Å². The number of aliphatic hydroxyl groups excluding tert-OH is 1. The lowest BCUT2D eigenvalue weighted by atomic mass is 9.93. The van der Waals surface area contributed by atoms with Crippen LogP contribution in [0, 0.1) is 11.6 Å². The summed E-state index contributed by atoms with van der Waals surface area (Å²) in [5, 5.41) is 9.50. The molecule has 0 saturated heterocycles. The molecular weight excluding hydrogens is 186 g/mol. The third kappa shape index (κ3) is 2.10. The molecule has 0 fully saturated rings. The molecule has 0 bridgehead atoms. The number of benzene rings is 1. The first-order valence-corrected chi connectivity index (χ1v) is 4.69. The Bertz CT molecular complexity index is 292. The largest absolute Gasteiger partial charge is 0.393 e. The molecule has 0 aliphatic carbocycles. The Balaban J connectivity index is 3.05. The number of hydrogen-bond donors (Lipinski definition) is 1. The average Bonchev–Trinajstić information content (AvgIpc) is 2.16. The van der Waals surface area contributed by atoms with Crippen LogP contribution in [0.5, 0.6) is 0 Å². The van der Waals surface area contributed by atoms with Gasteiger partial charge >= 0.3 is 0 Å². The number of hydrogen-bond acceptors (Lipinski definition) is 1. The molecule has 1 nitrogen and oxygen atoms in total. The molecule has 1 aromatic carbocycles. The second kappa shape index (κ2) is 4.51. The van der Waals surface area contributed by atoms with E-state index in [4.69, 9.17) is 0 Å². The summed E-state index contributed by atoms with van der Waals surface area (Å²) in [5.41, 5.74) is -0.0261. The molecule has 0 aliphatic heterocycles. The van der Waals surface area contributed by atoms with Gasteiger partial charge in [-0.15, -0.1) is 0 Å². The minimum absolute atomic E-state index is 0.0261. The molecule has 0 heterocycles. The van der Waals surface area contributed by atoms with Crippen LogP contribution in [0.3, 0.4) is 0 Å². The van der Waals surface area contributed by atoms with Crippen LogP contribution in [0.4, 0.5) is 8.78 Å². The third-order valence-electron chi connectivity index (χ3n) is 2.45. The van der Waals surface area contributed by atoms with Gasteiger partial charge in [0.1, 0.15) is 11.6 Å². The highest BCUT2D eigenvalue weighted by Gasteiger charge is 2.21. The number of aliphatic hydroxyl groups is 1. The van der Waals surface area contributed by atoms with E-state index in [0.717, 1.165) is 0 Å². The molecule has 1 N–H and O–H groups in total. The molecule has 1 aromatic rings. The quantitative estimate of drug-likeness (QED) is 0.795. The number of rotatable bonds is 3. The maximum Gasteiger partial charge on any atom is 0.129 e. The van der Waals surface area contributed by atoms with Gasteiger partial charge in [-0.1, -0.05) is 19.9 Å². The fourth-order valence-corrected chi connectivity index (χ4v) is 1.49. The van der Waals surface area contributed by atoms with Crippen LogP contribution in [0.2, 0.25) is 0 Å². The van der Waals surface area contributed by atoms with Gasteiger partial charge in [0.2, 0.25) is 0 Å². The van der Waals surface area contributed by atoms with Gasteiger partial charge in [0.05, 0.1) is 6.10 Å². The van der Waals surface area contributed by atoms with Crippen molar-refractivity contribution in [3.63, 3.8) is 0 Å². The molecule has 3 heteroatoms. The van der Waals surface area contributed by atoms with Crippen LogP contribution in [-0.4, -0.2) is 11.2 Å². The summed E-state index contributed by atoms with van der Waals surface area (Å²) in [5.74, 6) is -1.70. The zero-order chi connectivity index (χ0) is 10.7. The Kier molecular flexibility index (Phi) is 3.58. The van der Waals surface area contributed by atoms with Gasteiger partial charge in [-0.05, 0) is 18.6 Å². The molecule has 0 saturated carbocycles. The van der Waals surface area contributed by atoms with Crippen molar-refractivity contribution < 1.29 is 13.9 Å². The third-order valence-corrected chi connectivity index (χ3v) is 2.45. The maximum atomic E-state index is 13.2. The fraction of sp³-hybridized carbons (Fsp3) is 0.455. The molecule has 0 spiro atoms. The normalized spacial score (nSPS) is 15.2. The van der Waals surface area contributed by atoms with Crippen LogP contribution in [0.15, 0.2) is 18.2 Å². The first kappa shape index (κ1) is 11.1. The second-order valence-electron chi connectivity index (χ2n) is 3.40. The van der Waals surface area contributed by atoms with Crippen molar-refractivity contribution in [2.24, 2.45) is 0 Å². The first-order chi connectivity index (χ1) is 6.57. The summed E-state index contributed by atoms with van der Waals surface area (Å²) in [7, 11) is 0. The molecule has 1 rings (SSSR count). The van der Waals surface area contributed by atoms with E-state index in [1.165, 1.54) is 18.2 Å². The standard InChI is InChI=1S/C11H14F2O/c1-3-10(14)7(2)11-8(12)5-4-6-9(11)13/h4-7,10,14H,3H2,1-2H3. The highest BCUT2D eigenvalue weighted by atomic mass is 19.1. The highest BCUT2D eigenvalue weighted by Crippen LogP contribution is 2.26. The molecule has 2 atom stereocenters. The van der Waals surface area contributed by atoms with Crippen molar-refractivity contribution in [1.29, 1.82) is 0 Å². The highest BCUT2D eigenvalue weighted by molar-refractivity contribution is 5.24. The van der Waals surface area contributed by atoms with E-state index in [1.54, 1.807) is 13.8 Å². The molecule has 0 aromatic heterocycles. The van der Waals surface area contributed by atoms with Crippen molar-refractivity contribution in [1.82, 2.24) is 0 Å². The second-order valence-corrected chi connectivity index (χ2v) is 3.40. The summed E-state index contributed by atoms with van der Waals surface area (Å²) in [6, 6.07) is 3.73. The number of halogens is 2. The van der Waals surface area contributed by atoms with E-state index in [0.29, 0.717) is 6.42 Å². The van der Waals surface area contributed by atoms with Crippen LogP contribution >= 0.6 is 0 Å². The summed E-state index contributed by atoms with van der Waals surface area (Å²) in [4.78, 5) is 0. The molecule has 2 unspecified atom stereocenters. The predicted octanol–water partition coefficient (Wildman–Crippen LogP) is 2.84. The van der Waals surface area contributed by atoms with E-state index >= 15 is 0 Å². The zero-order valence-corrected chi connectivity index (χ0v) is 8.30. The van der Waals surface area contributed by atoms with E-state index in [2.05, 4.69) is 0 Å². The summed E-state index contributed by atoms with van der Waals surface area (Å²) in [6.07, 6.45) is -0.226. The zero-order valence-electron chi connectivity index (χ0n) is 8.30. The van der Waals surface area contributed by atoms with Crippen molar-refractivity contribution in [3.8, 4) is 0 Å². The SMILES string of the molecule is CCC(O)C(C)c1c(F)cccc1F. The maximum absolute atomic E-state index is 13.2. The van der Waals surface area contributed by atoms with Crippen LogP contribution in [-0.2, 0) is 0 Å². The Labute approximate surface area is 82.4 Å². The van der Waals surface area contributed by atoms with E-state index in [9.17, 15) is 13.9 Å². The lowest BCUT2D eigenvalue weighted by Gasteiger charge is -2.18. The average molecular weight is 200 g/mol. The predicted molar refractivity (Wildman–Crippen MR) is 51.1 cm³/mol. The lowest BCUT2D eigenvalue weighted by molar-refractivity contribution is 0.142. The monoisotopic (exact) mass is 200 g/mol. The van der Waals surface area contributed by atoms with Crippen molar-refractivity contribution in [2.45, 2.75) is 32.3 Å². The molecular formula is C11H14F2O. The van der Waals surface area contributed by atoms with Gasteiger partial charge in [0, 0.05) is 11.5 Å². The summed E-state index contributed by atoms with van der Waals surface area (Å²) in [6.45, 7) is 3.40. The molecule has 78 valence electrons.